The fourth-order valence-electron chi connectivity index (χ4n) is 5.54. The number of benzene rings is 2. The van der Waals surface area contributed by atoms with Gasteiger partial charge in [-0.05, 0) is 79.6 Å². The Kier molecular flexibility index (Phi) is 7.24. The van der Waals surface area contributed by atoms with Crippen LogP contribution in [0.15, 0.2) is 36.4 Å². The molecule has 0 saturated heterocycles. The van der Waals surface area contributed by atoms with E-state index in [1.807, 2.05) is 43.3 Å². The molecule has 4 heterocycles. The normalized spacial score (nSPS) is 15.4. The van der Waals surface area contributed by atoms with Crippen molar-refractivity contribution in [3.05, 3.63) is 69.0 Å². The summed E-state index contributed by atoms with van der Waals surface area (Å²) in [6.45, 7) is 9.68. The van der Waals surface area contributed by atoms with Crippen LogP contribution in [0.3, 0.4) is 0 Å². The van der Waals surface area contributed by atoms with Gasteiger partial charge in [-0.2, -0.15) is 0 Å². The molecule has 0 saturated carbocycles. The molecule has 0 aliphatic carbocycles. The molecule has 8 heteroatoms. The molecule has 4 aromatic rings. The van der Waals surface area contributed by atoms with Gasteiger partial charge in [0.25, 0.3) is 11.8 Å². The molecule has 0 atom stereocenters. The first kappa shape index (κ1) is 25.7. The van der Waals surface area contributed by atoms with E-state index in [1.165, 1.54) is 11.1 Å². The Morgan fingerprint density at radius 2 is 1.30 bits per heavy atom. The highest BCUT2D eigenvalue weighted by atomic mass is 35.5. The number of nitrogens with one attached hydrogen (secondary N) is 2. The summed E-state index contributed by atoms with van der Waals surface area (Å²) in [5.74, 6) is 0.585. The zero-order valence-electron chi connectivity index (χ0n) is 21.5. The van der Waals surface area contributed by atoms with Crippen molar-refractivity contribution in [2.24, 2.45) is 5.92 Å². The van der Waals surface area contributed by atoms with Gasteiger partial charge in [0.15, 0.2) is 0 Å². The molecular formula is C29H32Cl2N4O2. The number of aryl methyl sites for hydroxylation is 3. The van der Waals surface area contributed by atoms with Gasteiger partial charge in [0.05, 0.1) is 11.0 Å². The monoisotopic (exact) mass is 538 g/mol. The van der Waals surface area contributed by atoms with Crippen molar-refractivity contribution < 1.29 is 9.59 Å². The molecule has 2 aliphatic rings. The Bertz CT molecular complexity index is 1520. The predicted octanol–water partition coefficient (Wildman–Crippen LogP) is 6.36. The van der Waals surface area contributed by atoms with Gasteiger partial charge in [0.1, 0.15) is 11.4 Å². The lowest BCUT2D eigenvalue weighted by molar-refractivity contribution is 0.0943. The smallest absolute Gasteiger partial charge is 0.267 e. The number of amides is 2. The Balaban J connectivity index is 0.000000153. The summed E-state index contributed by atoms with van der Waals surface area (Å²) in [6, 6.07) is 11.7. The maximum Gasteiger partial charge on any atom is 0.267 e. The number of nitrogens with zero attached hydrogens (tertiary/aromatic N) is 2. The summed E-state index contributed by atoms with van der Waals surface area (Å²) in [5, 5.41) is 9.42. The molecule has 194 valence electrons. The summed E-state index contributed by atoms with van der Waals surface area (Å²) >= 11 is 12.3. The summed E-state index contributed by atoms with van der Waals surface area (Å²) in [4.78, 5) is 24.0. The molecule has 2 N–H and O–H groups in total. The molecule has 2 amide bonds. The minimum Gasteiger partial charge on any atom is -0.351 e. The maximum absolute atomic E-state index is 12.1. The SMILES string of the molecule is CC(C)Cc1cc(Cl)cc2cc3n(c12)CCCNC3=O.Cc1cc(Cl)cc2cc3n(c12)CCCNC3=O. The first-order valence-corrected chi connectivity index (χ1v) is 13.7. The highest BCUT2D eigenvalue weighted by Crippen LogP contribution is 2.31. The van der Waals surface area contributed by atoms with Crippen molar-refractivity contribution in [1.82, 2.24) is 19.8 Å². The summed E-state index contributed by atoms with van der Waals surface area (Å²) in [7, 11) is 0. The summed E-state index contributed by atoms with van der Waals surface area (Å²) in [5.41, 5.74) is 6.15. The molecule has 0 unspecified atom stereocenters. The molecule has 0 spiro atoms. The van der Waals surface area contributed by atoms with Crippen LogP contribution in [0.25, 0.3) is 21.8 Å². The minimum atomic E-state index is 0.00854. The van der Waals surface area contributed by atoms with Crippen molar-refractivity contribution in [2.45, 2.75) is 53.1 Å². The van der Waals surface area contributed by atoms with E-state index in [2.05, 4.69) is 33.6 Å². The number of hydrogen-bond donors (Lipinski definition) is 2. The van der Waals surface area contributed by atoms with E-state index in [-0.39, 0.29) is 11.8 Å². The third-order valence-electron chi connectivity index (χ3n) is 6.97. The zero-order chi connectivity index (χ0) is 26.3. The topological polar surface area (TPSA) is 68.1 Å². The van der Waals surface area contributed by atoms with E-state index in [4.69, 9.17) is 23.2 Å². The molecule has 2 aromatic carbocycles. The lowest BCUT2D eigenvalue weighted by Gasteiger charge is -2.12. The second-order valence-corrected chi connectivity index (χ2v) is 11.2. The fraction of sp³-hybridized carbons (Fsp3) is 0.379. The molecule has 0 fully saturated rings. The van der Waals surface area contributed by atoms with Crippen molar-refractivity contribution in [3.63, 3.8) is 0 Å². The van der Waals surface area contributed by atoms with E-state index >= 15 is 0 Å². The number of halogens is 2. The first-order valence-electron chi connectivity index (χ1n) is 12.9. The van der Waals surface area contributed by atoms with E-state index in [0.29, 0.717) is 5.92 Å². The van der Waals surface area contributed by atoms with Crippen LogP contribution in [-0.4, -0.2) is 34.0 Å². The average Bonchev–Trinajstić information content (AvgIpc) is 3.25. The standard InChI is InChI=1S/C16H19ClN2O.C13H13ClN2O/c1-10(2)6-11-7-13(17)8-12-9-14-16(20)18-4-3-5-19(14)15(11)12;1-8-5-10(14)6-9-7-11-13(17)15-3-2-4-16(11)12(8)9/h7-10H,3-6H2,1-2H3,(H,18,20);5-7H,2-4H2,1H3,(H,15,17). The van der Waals surface area contributed by atoms with Gasteiger partial charge in [0, 0.05) is 47.0 Å². The second kappa shape index (κ2) is 10.4. The van der Waals surface area contributed by atoms with Gasteiger partial charge in [0.2, 0.25) is 0 Å². The van der Waals surface area contributed by atoms with Crippen LogP contribution in [0.1, 0.15) is 58.8 Å². The number of rotatable bonds is 2. The number of carbonyl (C=O) groups is 2. The Morgan fingerprint density at radius 1 is 0.784 bits per heavy atom. The van der Waals surface area contributed by atoms with Gasteiger partial charge in [-0.15, -0.1) is 0 Å². The lowest BCUT2D eigenvalue weighted by atomic mass is 10.0. The van der Waals surface area contributed by atoms with Gasteiger partial charge in [-0.25, -0.2) is 0 Å². The van der Waals surface area contributed by atoms with Crippen molar-refractivity contribution in [2.75, 3.05) is 13.1 Å². The minimum absolute atomic E-state index is 0.00854. The molecule has 6 nitrogen and oxygen atoms in total. The zero-order valence-corrected chi connectivity index (χ0v) is 23.0. The number of fused-ring (bicyclic) bond motifs is 6. The highest BCUT2D eigenvalue weighted by Gasteiger charge is 2.21. The number of carbonyl (C=O) groups excluding carboxylic acids is 2. The third kappa shape index (κ3) is 5.10. The molecule has 0 radical (unpaired) electrons. The quantitative estimate of drug-likeness (QED) is 0.311. The third-order valence-corrected chi connectivity index (χ3v) is 7.40. The Morgan fingerprint density at radius 3 is 1.86 bits per heavy atom. The van der Waals surface area contributed by atoms with Crippen molar-refractivity contribution in [1.29, 1.82) is 0 Å². The highest BCUT2D eigenvalue weighted by molar-refractivity contribution is 6.32. The fourth-order valence-corrected chi connectivity index (χ4v) is 6.08. The van der Waals surface area contributed by atoms with Crippen LogP contribution >= 0.6 is 23.2 Å². The molecule has 6 rings (SSSR count). The number of hydrogen-bond acceptors (Lipinski definition) is 2. The van der Waals surface area contributed by atoms with Gasteiger partial charge >= 0.3 is 0 Å². The summed E-state index contributed by atoms with van der Waals surface area (Å²) in [6.07, 6.45) is 2.90. The summed E-state index contributed by atoms with van der Waals surface area (Å²) < 4.78 is 4.26. The molecule has 0 bridgehead atoms. The largest absolute Gasteiger partial charge is 0.351 e. The van der Waals surface area contributed by atoms with E-state index in [9.17, 15) is 9.59 Å². The average molecular weight is 540 g/mol. The van der Waals surface area contributed by atoms with Crippen LogP contribution < -0.4 is 10.6 Å². The van der Waals surface area contributed by atoms with Crippen LogP contribution in [0, 0.1) is 12.8 Å². The predicted molar refractivity (Wildman–Crippen MR) is 151 cm³/mol. The van der Waals surface area contributed by atoms with Gasteiger partial charge < -0.3 is 19.8 Å². The van der Waals surface area contributed by atoms with Crippen LogP contribution in [0.4, 0.5) is 0 Å². The van der Waals surface area contributed by atoms with Crippen molar-refractivity contribution >= 4 is 56.8 Å². The van der Waals surface area contributed by atoms with Crippen LogP contribution in [-0.2, 0) is 19.5 Å². The van der Waals surface area contributed by atoms with Gasteiger partial charge in [-0.1, -0.05) is 37.0 Å². The molecular weight excluding hydrogens is 507 g/mol. The Hall–Kier alpha value is -2.96. The van der Waals surface area contributed by atoms with E-state index < -0.39 is 0 Å². The molecule has 2 aliphatic heterocycles. The lowest BCUT2D eigenvalue weighted by Crippen LogP contribution is -2.22. The maximum atomic E-state index is 12.1. The van der Waals surface area contributed by atoms with Crippen LogP contribution in [0.5, 0.6) is 0 Å². The Labute approximate surface area is 226 Å². The molecule has 37 heavy (non-hydrogen) atoms. The van der Waals surface area contributed by atoms with Crippen molar-refractivity contribution in [3.8, 4) is 0 Å². The second-order valence-electron chi connectivity index (χ2n) is 10.3. The van der Waals surface area contributed by atoms with E-state index in [1.54, 1.807) is 0 Å². The van der Waals surface area contributed by atoms with Gasteiger partial charge in [-0.3, -0.25) is 9.59 Å². The first-order chi connectivity index (χ1) is 17.7. The molecule has 2 aromatic heterocycles. The van der Waals surface area contributed by atoms with Crippen LogP contribution in [0.2, 0.25) is 10.0 Å². The van der Waals surface area contributed by atoms with E-state index in [0.717, 1.165) is 88.7 Å². The number of aromatic nitrogens is 2.